The van der Waals surface area contributed by atoms with Crippen LogP contribution in [0.3, 0.4) is 0 Å². The number of rotatable bonds is 53. The highest BCUT2D eigenvalue weighted by atomic mass is 16.5. The summed E-state index contributed by atoms with van der Waals surface area (Å²) in [6, 6.07) is -0.641. The predicted molar refractivity (Wildman–Crippen MR) is 287 cm³/mol. The van der Waals surface area contributed by atoms with Crippen molar-refractivity contribution in [3.63, 3.8) is 0 Å². The van der Waals surface area contributed by atoms with E-state index in [2.05, 4.69) is 55.6 Å². The van der Waals surface area contributed by atoms with Crippen LogP contribution in [0.5, 0.6) is 0 Å². The summed E-state index contributed by atoms with van der Waals surface area (Å²) in [6.07, 6.45) is 69.9. The van der Waals surface area contributed by atoms with Crippen molar-refractivity contribution >= 4 is 11.9 Å². The zero-order chi connectivity index (χ0) is 47.9. The van der Waals surface area contributed by atoms with Crippen LogP contribution in [0.15, 0.2) is 48.6 Å². The Balaban J connectivity index is 3.55. The Morgan fingerprint density at radius 3 is 1.18 bits per heavy atom. The second-order valence-electron chi connectivity index (χ2n) is 19.6. The van der Waals surface area contributed by atoms with Gasteiger partial charge in [-0.3, -0.25) is 9.59 Å². The molecular formula is C60H111NO5. The van der Waals surface area contributed by atoms with E-state index in [1.807, 2.05) is 6.08 Å². The predicted octanol–water partition coefficient (Wildman–Crippen LogP) is 17.8. The molecule has 0 aromatic rings. The number of ether oxygens (including phenoxy) is 1. The summed E-state index contributed by atoms with van der Waals surface area (Å²) in [4.78, 5) is 24.5. The van der Waals surface area contributed by atoms with Crippen molar-refractivity contribution in [1.29, 1.82) is 0 Å². The molecule has 0 aromatic heterocycles. The number of amides is 1. The summed E-state index contributed by atoms with van der Waals surface area (Å²) in [5.74, 6) is -0.110. The molecule has 0 radical (unpaired) electrons. The smallest absolute Gasteiger partial charge is 0.305 e. The second-order valence-corrected chi connectivity index (χ2v) is 19.6. The first-order chi connectivity index (χ1) is 32.5. The van der Waals surface area contributed by atoms with Crippen molar-refractivity contribution in [2.24, 2.45) is 0 Å². The van der Waals surface area contributed by atoms with Crippen molar-refractivity contribution in [2.45, 2.75) is 309 Å². The van der Waals surface area contributed by atoms with E-state index in [0.29, 0.717) is 19.4 Å². The van der Waals surface area contributed by atoms with Crippen molar-refractivity contribution in [1.82, 2.24) is 5.32 Å². The van der Waals surface area contributed by atoms with Crippen molar-refractivity contribution < 1.29 is 24.5 Å². The monoisotopic (exact) mass is 926 g/mol. The number of hydrogen-bond donors (Lipinski definition) is 3. The average Bonchev–Trinajstić information content (AvgIpc) is 3.32. The molecule has 0 saturated carbocycles. The molecule has 2 atom stereocenters. The van der Waals surface area contributed by atoms with E-state index in [-0.39, 0.29) is 18.5 Å². The van der Waals surface area contributed by atoms with Gasteiger partial charge in [0.1, 0.15) is 0 Å². The van der Waals surface area contributed by atoms with Crippen molar-refractivity contribution in [2.75, 3.05) is 13.2 Å². The maximum Gasteiger partial charge on any atom is 0.305 e. The average molecular weight is 927 g/mol. The van der Waals surface area contributed by atoms with Gasteiger partial charge in [0.2, 0.25) is 5.91 Å². The summed E-state index contributed by atoms with van der Waals surface area (Å²) in [7, 11) is 0. The Bertz CT molecular complexity index is 1110. The van der Waals surface area contributed by atoms with Crippen LogP contribution >= 0.6 is 0 Å². The van der Waals surface area contributed by atoms with Gasteiger partial charge in [-0.2, -0.15) is 0 Å². The first-order valence-electron chi connectivity index (χ1n) is 28.9. The molecule has 0 saturated heterocycles. The normalized spacial score (nSPS) is 13.0. The Hall–Kier alpha value is -2.18. The van der Waals surface area contributed by atoms with Crippen LogP contribution in [0.1, 0.15) is 296 Å². The molecule has 0 aliphatic heterocycles. The second kappa shape index (κ2) is 55.4. The third-order valence-corrected chi connectivity index (χ3v) is 13.1. The number of esters is 1. The quantitative estimate of drug-likeness (QED) is 0.0321. The molecule has 1 amide bonds. The number of aliphatic hydroxyl groups excluding tert-OH is 2. The van der Waals surface area contributed by atoms with Crippen LogP contribution in [0.2, 0.25) is 0 Å². The van der Waals surface area contributed by atoms with E-state index in [9.17, 15) is 19.8 Å². The van der Waals surface area contributed by atoms with Gasteiger partial charge in [0, 0.05) is 12.8 Å². The SMILES string of the molecule is CCCCCC/C=C\CCCCCCCC(=O)OCCCCC/C=C\C/C=C\CCCCCCCCCC(=O)NC(CO)C(O)/C=C/CCCCCCCCCCCCCCCCCCC. The standard InChI is InChI=1S/C60H111NO5/c1-3-5-7-9-11-13-15-17-18-19-20-22-25-29-32-36-40-44-48-52-58(63)57(56-62)61-59(64)53-49-45-41-37-33-30-26-23-21-24-27-31-35-39-43-47-51-55-66-60(65)54-50-46-42-38-34-28-16-14-12-10-8-6-4-2/h14,16,21,24,31,35,48,52,57-58,62-63H,3-13,15,17-20,22-23,25-30,32-34,36-47,49-51,53-56H2,1-2H3,(H,61,64)/b16-14-,24-21-,35-31-,52-48+. The fraction of sp³-hybridized carbons (Fsp3) is 0.833. The molecule has 0 bridgehead atoms. The zero-order valence-corrected chi connectivity index (χ0v) is 43.9. The zero-order valence-electron chi connectivity index (χ0n) is 43.9. The van der Waals surface area contributed by atoms with Gasteiger partial charge in [0.05, 0.1) is 25.4 Å². The lowest BCUT2D eigenvalue weighted by Crippen LogP contribution is -2.45. The molecule has 6 nitrogen and oxygen atoms in total. The number of allylic oxidation sites excluding steroid dienone is 7. The lowest BCUT2D eigenvalue weighted by Gasteiger charge is -2.20. The lowest BCUT2D eigenvalue weighted by atomic mass is 10.0. The van der Waals surface area contributed by atoms with E-state index < -0.39 is 12.1 Å². The first kappa shape index (κ1) is 63.8. The summed E-state index contributed by atoms with van der Waals surface area (Å²) in [5, 5.41) is 23.1. The van der Waals surface area contributed by atoms with Crippen molar-refractivity contribution in [3.05, 3.63) is 48.6 Å². The molecule has 0 spiro atoms. The highest BCUT2D eigenvalue weighted by Crippen LogP contribution is 2.16. The number of unbranched alkanes of at least 4 members (excludes halogenated alkanes) is 36. The Labute approximate surface area is 410 Å². The third kappa shape index (κ3) is 51.2. The van der Waals surface area contributed by atoms with Crippen LogP contribution in [0.25, 0.3) is 0 Å². The summed E-state index contributed by atoms with van der Waals surface area (Å²) in [5.41, 5.74) is 0. The Kier molecular flexibility index (Phi) is 53.6. The Morgan fingerprint density at radius 1 is 0.424 bits per heavy atom. The van der Waals surface area contributed by atoms with Crippen molar-refractivity contribution in [3.8, 4) is 0 Å². The minimum absolute atomic E-state index is 0.0261. The lowest BCUT2D eigenvalue weighted by molar-refractivity contribution is -0.143. The van der Waals surface area contributed by atoms with E-state index in [4.69, 9.17) is 4.74 Å². The first-order valence-corrected chi connectivity index (χ1v) is 28.9. The van der Waals surface area contributed by atoms with Crippen LogP contribution in [0.4, 0.5) is 0 Å². The van der Waals surface area contributed by atoms with Crippen LogP contribution in [-0.4, -0.2) is 47.4 Å². The molecule has 0 aliphatic carbocycles. The molecule has 0 heterocycles. The number of nitrogens with one attached hydrogen (secondary N) is 1. The van der Waals surface area contributed by atoms with Gasteiger partial charge >= 0.3 is 5.97 Å². The highest BCUT2D eigenvalue weighted by Gasteiger charge is 2.18. The number of hydrogen-bond acceptors (Lipinski definition) is 5. The van der Waals surface area contributed by atoms with Gasteiger partial charge in [0.25, 0.3) is 0 Å². The molecule has 3 N–H and O–H groups in total. The largest absolute Gasteiger partial charge is 0.466 e. The van der Waals surface area contributed by atoms with E-state index in [1.165, 1.54) is 186 Å². The van der Waals surface area contributed by atoms with Gasteiger partial charge < -0.3 is 20.3 Å². The topological polar surface area (TPSA) is 95.9 Å². The molecule has 0 aromatic carbocycles. The molecule has 2 unspecified atom stereocenters. The fourth-order valence-corrected chi connectivity index (χ4v) is 8.60. The molecule has 66 heavy (non-hydrogen) atoms. The molecular weight excluding hydrogens is 815 g/mol. The van der Waals surface area contributed by atoms with E-state index >= 15 is 0 Å². The van der Waals surface area contributed by atoms with Crippen LogP contribution in [0, 0.1) is 0 Å². The molecule has 0 fully saturated rings. The van der Waals surface area contributed by atoms with E-state index in [0.717, 1.165) is 83.5 Å². The maximum absolute atomic E-state index is 12.5. The molecule has 386 valence electrons. The number of carbonyl (C=O) groups excluding carboxylic acids is 2. The fourth-order valence-electron chi connectivity index (χ4n) is 8.60. The van der Waals surface area contributed by atoms with Gasteiger partial charge in [-0.25, -0.2) is 0 Å². The summed E-state index contributed by atoms with van der Waals surface area (Å²) in [6.45, 7) is 4.84. The van der Waals surface area contributed by atoms with Gasteiger partial charge in [-0.15, -0.1) is 0 Å². The minimum Gasteiger partial charge on any atom is -0.466 e. The van der Waals surface area contributed by atoms with Crippen LogP contribution < -0.4 is 5.32 Å². The van der Waals surface area contributed by atoms with Gasteiger partial charge in [-0.05, 0) is 96.3 Å². The van der Waals surface area contributed by atoms with Gasteiger partial charge in [-0.1, -0.05) is 236 Å². The maximum atomic E-state index is 12.5. The minimum atomic E-state index is -0.856. The summed E-state index contributed by atoms with van der Waals surface area (Å²) < 4.78 is 5.44. The Morgan fingerprint density at radius 2 is 0.758 bits per heavy atom. The third-order valence-electron chi connectivity index (χ3n) is 13.1. The van der Waals surface area contributed by atoms with E-state index in [1.54, 1.807) is 6.08 Å². The highest BCUT2D eigenvalue weighted by molar-refractivity contribution is 5.76. The number of carbonyl (C=O) groups is 2. The van der Waals surface area contributed by atoms with Crippen LogP contribution in [-0.2, 0) is 14.3 Å². The molecule has 6 heteroatoms. The number of aliphatic hydroxyl groups is 2. The molecule has 0 aliphatic rings. The molecule has 0 rings (SSSR count). The summed E-state index contributed by atoms with van der Waals surface area (Å²) >= 11 is 0. The van der Waals surface area contributed by atoms with Gasteiger partial charge in [0.15, 0.2) is 0 Å².